The SMILES string of the molecule is C#CCNC(=O)C[NH2+][C@H](C)c1ccc(F)cc1F. The van der Waals surface area contributed by atoms with Crippen molar-refractivity contribution in [2.75, 3.05) is 13.1 Å². The van der Waals surface area contributed by atoms with Crippen molar-refractivity contribution in [2.24, 2.45) is 0 Å². The number of nitrogens with two attached hydrogens (primary N) is 1. The van der Waals surface area contributed by atoms with Crippen LogP contribution in [0.25, 0.3) is 0 Å². The number of rotatable bonds is 5. The molecule has 0 aromatic heterocycles. The number of hydrogen-bond donors (Lipinski definition) is 2. The van der Waals surface area contributed by atoms with E-state index in [1.165, 1.54) is 12.1 Å². The fourth-order valence-corrected chi connectivity index (χ4v) is 1.50. The van der Waals surface area contributed by atoms with Gasteiger partial charge in [0.2, 0.25) is 0 Å². The van der Waals surface area contributed by atoms with Crippen molar-refractivity contribution in [3.63, 3.8) is 0 Å². The zero-order chi connectivity index (χ0) is 13.5. The van der Waals surface area contributed by atoms with Gasteiger partial charge in [0, 0.05) is 11.6 Å². The van der Waals surface area contributed by atoms with Gasteiger partial charge < -0.3 is 10.6 Å². The van der Waals surface area contributed by atoms with E-state index in [1.807, 2.05) is 0 Å². The van der Waals surface area contributed by atoms with Crippen LogP contribution in [0.1, 0.15) is 18.5 Å². The van der Waals surface area contributed by atoms with Crippen molar-refractivity contribution >= 4 is 5.91 Å². The van der Waals surface area contributed by atoms with Crippen molar-refractivity contribution in [3.8, 4) is 12.3 Å². The third kappa shape index (κ3) is 4.15. The summed E-state index contributed by atoms with van der Waals surface area (Å²) in [5, 5.41) is 4.16. The molecule has 0 unspecified atom stereocenters. The molecule has 0 saturated carbocycles. The first-order valence-electron chi connectivity index (χ1n) is 5.53. The molecule has 3 N–H and O–H groups in total. The maximum absolute atomic E-state index is 13.4. The Morgan fingerprint density at radius 3 is 2.89 bits per heavy atom. The van der Waals surface area contributed by atoms with Crippen LogP contribution in [-0.4, -0.2) is 19.0 Å². The summed E-state index contributed by atoms with van der Waals surface area (Å²) in [7, 11) is 0. The Bertz CT molecular complexity index is 469. The Kier molecular flexibility index (Phi) is 5.28. The van der Waals surface area contributed by atoms with Gasteiger partial charge in [0.25, 0.3) is 5.91 Å². The molecule has 0 heterocycles. The highest BCUT2D eigenvalue weighted by Crippen LogP contribution is 2.14. The molecule has 5 heteroatoms. The lowest BCUT2D eigenvalue weighted by molar-refractivity contribution is -0.682. The predicted molar refractivity (Wildman–Crippen MR) is 63.4 cm³/mol. The summed E-state index contributed by atoms with van der Waals surface area (Å²) in [5.74, 6) is 0.842. The van der Waals surface area contributed by atoms with Crippen LogP contribution < -0.4 is 10.6 Å². The molecule has 0 fully saturated rings. The molecule has 96 valence electrons. The molecule has 0 radical (unpaired) electrons. The molecule has 3 nitrogen and oxygen atoms in total. The van der Waals surface area contributed by atoms with Gasteiger partial charge in [0.05, 0.1) is 6.54 Å². The summed E-state index contributed by atoms with van der Waals surface area (Å²) in [6.07, 6.45) is 5.00. The van der Waals surface area contributed by atoms with Crippen LogP contribution in [0.5, 0.6) is 0 Å². The molecular formula is C13H15F2N2O+. The lowest BCUT2D eigenvalue weighted by Crippen LogP contribution is -2.87. The Morgan fingerprint density at radius 1 is 1.56 bits per heavy atom. The molecule has 0 spiro atoms. The van der Waals surface area contributed by atoms with Gasteiger partial charge in [-0.1, -0.05) is 5.92 Å². The summed E-state index contributed by atoms with van der Waals surface area (Å²) in [5.41, 5.74) is 0.362. The maximum Gasteiger partial charge on any atom is 0.275 e. The Morgan fingerprint density at radius 2 is 2.28 bits per heavy atom. The van der Waals surface area contributed by atoms with E-state index in [0.29, 0.717) is 5.56 Å². The van der Waals surface area contributed by atoms with Crippen LogP contribution in [0.4, 0.5) is 8.78 Å². The Labute approximate surface area is 105 Å². The fraction of sp³-hybridized carbons (Fsp3) is 0.308. The van der Waals surface area contributed by atoms with E-state index in [2.05, 4.69) is 11.2 Å². The first-order valence-corrected chi connectivity index (χ1v) is 5.53. The average Bonchev–Trinajstić information content (AvgIpc) is 2.33. The van der Waals surface area contributed by atoms with Gasteiger partial charge >= 0.3 is 0 Å². The Balaban J connectivity index is 2.53. The third-order valence-corrected chi connectivity index (χ3v) is 2.50. The van der Waals surface area contributed by atoms with E-state index in [4.69, 9.17) is 6.42 Å². The number of amides is 1. The monoisotopic (exact) mass is 253 g/mol. The minimum absolute atomic E-state index is 0.139. The molecule has 1 atom stereocenters. The number of carbonyl (C=O) groups excluding carboxylic acids is 1. The Hall–Kier alpha value is -1.93. The molecule has 1 amide bonds. The van der Waals surface area contributed by atoms with Crippen molar-refractivity contribution in [2.45, 2.75) is 13.0 Å². The van der Waals surface area contributed by atoms with Crippen LogP contribution in [0, 0.1) is 24.0 Å². The standard InChI is InChI=1S/C13H14F2N2O/c1-3-6-16-13(18)8-17-9(2)11-5-4-10(14)7-12(11)15/h1,4-5,7,9,17H,6,8H2,2H3,(H,16,18)/p+1/t9-/m1/s1. The minimum Gasteiger partial charge on any atom is -0.340 e. The molecule has 0 saturated heterocycles. The summed E-state index contributed by atoms with van der Waals surface area (Å²) >= 11 is 0. The number of benzene rings is 1. The zero-order valence-corrected chi connectivity index (χ0v) is 10.0. The van der Waals surface area contributed by atoms with Crippen LogP contribution in [0.3, 0.4) is 0 Å². The van der Waals surface area contributed by atoms with Gasteiger partial charge in [0.15, 0.2) is 6.54 Å². The maximum atomic E-state index is 13.4. The normalized spacial score (nSPS) is 11.7. The van der Waals surface area contributed by atoms with Gasteiger partial charge in [-0.25, -0.2) is 8.78 Å². The highest BCUT2D eigenvalue weighted by molar-refractivity contribution is 5.76. The van der Waals surface area contributed by atoms with E-state index < -0.39 is 11.6 Å². The number of hydrogen-bond acceptors (Lipinski definition) is 1. The lowest BCUT2D eigenvalue weighted by atomic mass is 10.1. The summed E-state index contributed by atoms with van der Waals surface area (Å²) < 4.78 is 26.2. The highest BCUT2D eigenvalue weighted by Gasteiger charge is 2.15. The molecule has 1 aromatic rings. The van der Waals surface area contributed by atoms with Gasteiger partial charge in [-0.3, -0.25) is 4.79 Å². The quantitative estimate of drug-likeness (QED) is 0.730. The van der Waals surface area contributed by atoms with Crippen LogP contribution >= 0.6 is 0 Å². The second-order valence-corrected chi connectivity index (χ2v) is 3.88. The fourth-order valence-electron chi connectivity index (χ4n) is 1.50. The van der Waals surface area contributed by atoms with Crippen molar-refractivity contribution in [1.82, 2.24) is 5.32 Å². The van der Waals surface area contributed by atoms with E-state index in [9.17, 15) is 13.6 Å². The summed E-state index contributed by atoms with van der Waals surface area (Å²) in [6, 6.07) is 3.13. The highest BCUT2D eigenvalue weighted by atomic mass is 19.1. The molecular weight excluding hydrogens is 238 g/mol. The van der Waals surface area contributed by atoms with Gasteiger partial charge in [-0.05, 0) is 19.1 Å². The average molecular weight is 253 g/mol. The topological polar surface area (TPSA) is 45.7 Å². The first kappa shape index (κ1) is 14.1. The summed E-state index contributed by atoms with van der Waals surface area (Å²) in [6.45, 7) is 2.05. The number of carbonyl (C=O) groups is 1. The van der Waals surface area contributed by atoms with Gasteiger partial charge in [-0.2, -0.15) is 0 Å². The number of quaternary nitrogens is 1. The lowest BCUT2D eigenvalue weighted by Gasteiger charge is -2.11. The molecule has 1 aromatic carbocycles. The predicted octanol–water partition coefficient (Wildman–Crippen LogP) is 0.339. The molecule has 0 aliphatic carbocycles. The van der Waals surface area contributed by atoms with Gasteiger partial charge in [-0.15, -0.1) is 6.42 Å². The van der Waals surface area contributed by atoms with E-state index >= 15 is 0 Å². The van der Waals surface area contributed by atoms with E-state index in [0.717, 1.165) is 6.07 Å². The molecule has 1 rings (SSSR count). The second-order valence-electron chi connectivity index (χ2n) is 3.88. The smallest absolute Gasteiger partial charge is 0.275 e. The summed E-state index contributed by atoms with van der Waals surface area (Å²) in [4.78, 5) is 11.3. The van der Waals surface area contributed by atoms with Crippen LogP contribution in [0.2, 0.25) is 0 Å². The van der Waals surface area contributed by atoms with Crippen molar-refractivity contribution in [3.05, 3.63) is 35.4 Å². The minimum atomic E-state index is -0.616. The number of terminal acetylenes is 1. The van der Waals surface area contributed by atoms with Crippen LogP contribution in [-0.2, 0) is 4.79 Å². The number of halogens is 2. The molecule has 0 aliphatic rings. The second kappa shape index (κ2) is 6.72. The zero-order valence-electron chi connectivity index (χ0n) is 10.0. The van der Waals surface area contributed by atoms with Crippen molar-refractivity contribution < 1.29 is 18.9 Å². The molecule has 0 bridgehead atoms. The van der Waals surface area contributed by atoms with E-state index in [1.54, 1.807) is 12.2 Å². The van der Waals surface area contributed by atoms with E-state index in [-0.39, 0.29) is 25.0 Å². The largest absolute Gasteiger partial charge is 0.340 e. The number of nitrogens with one attached hydrogen (secondary N) is 1. The van der Waals surface area contributed by atoms with Crippen molar-refractivity contribution in [1.29, 1.82) is 0 Å². The van der Waals surface area contributed by atoms with Crippen LogP contribution in [0.15, 0.2) is 18.2 Å². The molecule has 0 aliphatic heterocycles. The van der Waals surface area contributed by atoms with Gasteiger partial charge in [0.1, 0.15) is 17.7 Å². The third-order valence-electron chi connectivity index (χ3n) is 2.50. The molecule has 18 heavy (non-hydrogen) atoms. The first-order chi connectivity index (χ1) is 8.54.